The Labute approximate surface area is 195 Å². The predicted molar refractivity (Wildman–Crippen MR) is 136 cm³/mol. The van der Waals surface area contributed by atoms with Gasteiger partial charge in [0.15, 0.2) is 0 Å². The van der Waals surface area contributed by atoms with Crippen molar-refractivity contribution in [3.8, 4) is 6.07 Å². The van der Waals surface area contributed by atoms with Crippen molar-refractivity contribution in [2.45, 2.75) is 27.2 Å². The molecule has 0 atom stereocenters. The maximum Gasteiger partial charge on any atom is 0.266 e. The largest absolute Gasteiger partial charge is 0.321 e. The number of carbonyl (C=O) groups excluding carboxylic acids is 1. The molecule has 0 aliphatic rings. The lowest BCUT2D eigenvalue weighted by Crippen LogP contribution is -2.14. The molecule has 0 saturated heterocycles. The number of para-hydroxylation sites is 1. The first-order valence-corrected chi connectivity index (χ1v) is 11.0. The molecule has 0 fully saturated rings. The number of nitrogens with one attached hydrogen (secondary N) is 1. The topological polar surface area (TPSA) is 52.9 Å². The number of hydrogen-bond donors (Lipinski definition) is 1. The van der Waals surface area contributed by atoms with Gasteiger partial charge in [0.1, 0.15) is 11.6 Å². The first kappa shape index (κ1) is 22.0. The zero-order chi connectivity index (χ0) is 23.4. The van der Waals surface area contributed by atoms with Crippen LogP contribution in [-0.4, -0.2) is 5.91 Å². The highest BCUT2D eigenvalue weighted by Gasteiger charge is 2.14. The molecule has 0 unspecified atom stereocenters. The minimum absolute atomic E-state index is 0.0799. The van der Waals surface area contributed by atoms with Crippen molar-refractivity contribution in [1.29, 1.82) is 5.26 Å². The number of aryl methyl sites for hydroxylation is 3. The molecule has 33 heavy (non-hydrogen) atoms. The summed E-state index contributed by atoms with van der Waals surface area (Å²) in [5.41, 5.74) is 7.37. The molecule has 4 rings (SSSR count). The summed E-state index contributed by atoms with van der Waals surface area (Å²) in [6.07, 6.45) is 2.45. The fraction of sp³-hybridized carbons (Fsp3) is 0.133. The molecule has 0 heterocycles. The van der Waals surface area contributed by atoms with Crippen LogP contribution in [0.1, 0.15) is 33.4 Å². The van der Waals surface area contributed by atoms with Crippen LogP contribution in [0.4, 0.5) is 5.69 Å². The first-order valence-electron chi connectivity index (χ1n) is 11.0. The van der Waals surface area contributed by atoms with Gasteiger partial charge in [0.25, 0.3) is 5.91 Å². The van der Waals surface area contributed by atoms with E-state index < -0.39 is 5.91 Å². The van der Waals surface area contributed by atoms with Gasteiger partial charge in [0, 0.05) is 5.69 Å². The lowest BCUT2D eigenvalue weighted by molar-refractivity contribution is -0.112. The quantitative estimate of drug-likeness (QED) is 0.276. The molecule has 4 aromatic rings. The lowest BCUT2D eigenvalue weighted by Gasteiger charge is -2.13. The van der Waals surface area contributed by atoms with E-state index in [1.807, 2.05) is 55.5 Å². The van der Waals surface area contributed by atoms with Gasteiger partial charge >= 0.3 is 0 Å². The Hall–Kier alpha value is -4.16. The molecule has 1 N–H and O–H groups in total. The second-order valence-electron chi connectivity index (χ2n) is 8.47. The van der Waals surface area contributed by atoms with Crippen LogP contribution in [0, 0.1) is 32.1 Å². The molecule has 1 amide bonds. The number of carbonyl (C=O) groups is 1. The lowest BCUT2D eigenvalue weighted by atomic mass is 9.92. The third-order valence-corrected chi connectivity index (χ3v) is 5.78. The summed E-state index contributed by atoms with van der Waals surface area (Å²) in [5, 5.41) is 14.8. The molecule has 162 valence electrons. The Morgan fingerprint density at radius 3 is 2.33 bits per heavy atom. The molecule has 0 radical (unpaired) electrons. The molecule has 3 nitrogen and oxygen atoms in total. The highest BCUT2D eigenvalue weighted by atomic mass is 16.1. The van der Waals surface area contributed by atoms with Gasteiger partial charge in [-0.15, -0.1) is 0 Å². The molecule has 3 heteroatoms. The van der Waals surface area contributed by atoms with Crippen LogP contribution in [0.15, 0.2) is 84.4 Å². The van der Waals surface area contributed by atoms with Gasteiger partial charge < -0.3 is 5.32 Å². The van der Waals surface area contributed by atoms with Crippen molar-refractivity contribution in [1.82, 2.24) is 0 Å². The average Bonchev–Trinajstić information content (AvgIpc) is 2.79. The minimum Gasteiger partial charge on any atom is -0.321 e. The third-order valence-electron chi connectivity index (χ3n) is 5.78. The summed E-state index contributed by atoms with van der Waals surface area (Å²) in [6, 6.07) is 28.5. The number of benzene rings is 4. The predicted octanol–water partition coefficient (Wildman–Crippen LogP) is 6.90. The molecular weight excluding hydrogens is 404 g/mol. The fourth-order valence-corrected chi connectivity index (χ4v) is 4.25. The van der Waals surface area contributed by atoms with Crippen LogP contribution in [-0.2, 0) is 11.2 Å². The van der Waals surface area contributed by atoms with Gasteiger partial charge in [-0.3, -0.25) is 4.79 Å². The van der Waals surface area contributed by atoms with Crippen molar-refractivity contribution in [2.75, 3.05) is 5.32 Å². The Balaban J connectivity index is 1.79. The molecule has 0 bridgehead atoms. The molecular formula is C30H26N2O. The summed E-state index contributed by atoms with van der Waals surface area (Å²) < 4.78 is 0. The van der Waals surface area contributed by atoms with Crippen molar-refractivity contribution < 1.29 is 4.79 Å². The zero-order valence-electron chi connectivity index (χ0n) is 19.1. The maximum absolute atomic E-state index is 13.0. The Kier molecular flexibility index (Phi) is 6.38. The number of rotatable bonds is 5. The Bertz CT molecular complexity index is 1400. The standard InChI is InChI=1S/C30H26N2O/c1-20-14-21(2)16-23(15-20)17-25-13-12-24-9-5-6-10-27(24)28(25)18-26(19-31)30(33)32-29-11-7-4-8-22(29)3/h4-16,18H,17H2,1-3H3,(H,32,33)/b26-18+. The van der Waals surface area contributed by atoms with Crippen molar-refractivity contribution in [3.05, 3.63) is 118 Å². The average molecular weight is 431 g/mol. The maximum atomic E-state index is 13.0. The molecule has 0 aliphatic carbocycles. The number of amides is 1. The van der Waals surface area contributed by atoms with Crippen LogP contribution in [0.25, 0.3) is 16.8 Å². The number of hydrogen-bond acceptors (Lipinski definition) is 2. The van der Waals surface area contributed by atoms with Gasteiger partial charge in [-0.1, -0.05) is 83.9 Å². The van der Waals surface area contributed by atoms with E-state index in [2.05, 4.69) is 55.6 Å². The molecule has 0 aromatic heterocycles. The number of nitrogens with zero attached hydrogens (tertiary/aromatic N) is 1. The van der Waals surface area contributed by atoms with E-state index in [1.165, 1.54) is 16.7 Å². The molecule has 4 aromatic carbocycles. The van der Waals surface area contributed by atoms with Crippen LogP contribution < -0.4 is 5.32 Å². The molecule has 0 saturated carbocycles. The fourth-order valence-electron chi connectivity index (χ4n) is 4.25. The second kappa shape index (κ2) is 9.54. The summed E-state index contributed by atoms with van der Waals surface area (Å²) in [7, 11) is 0. The van der Waals surface area contributed by atoms with E-state index in [9.17, 15) is 10.1 Å². The number of anilines is 1. The van der Waals surface area contributed by atoms with Crippen LogP contribution >= 0.6 is 0 Å². The van der Waals surface area contributed by atoms with Gasteiger partial charge in [-0.05, 0) is 72.4 Å². The van der Waals surface area contributed by atoms with Gasteiger partial charge in [-0.2, -0.15) is 5.26 Å². The summed E-state index contributed by atoms with van der Waals surface area (Å²) >= 11 is 0. The number of nitriles is 1. The number of fused-ring (bicyclic) bond motifs is 1. The van der Waals surface area contributed by atoms with Crippen molar-refractivity contribution in [2.24, 2.45) is 0 Å². The van der Waals surface area contributed by atoms with E-state index in [1.54, 1.807) is 6.08 Å². The van der Waals surface area contributed by atoms with Gasteiger partial charge in [0.2, 0.25) is 0 Å². The van der Waals surface area contributed by atoms with E-state index in [4.69, 9.17) is 0 Å². The Morgan fingerprint density at radius 2 is 1.61 bits per heavy atom. The normalized spacial score (nSPS) is 11.3. The van der Waals surface area contributed by atoms with Gasteiger partial charge in [-0.25, -0.2) is 0 Å². The first-order chi connectivity index (χ1) is 15.9. The smallest absolute Gasteiger partial charge is 0.266 e. The van der Waals surface area contributed by atoms with E-state index in [-0.39, 0.29) is 5.57 Å². The monoisotopic (exact) mass is 430 g/mol. The summed E-state index contributed by atoms with van der Waals surface area (Å²) in [4.78, 5) is 13.0. The highest BCUT2D eigenvalue weighted by molar-refractivity contribution is 6.11. The zero-order valence-corrected chi connectivity index (χ0v) is 19.1. The molecule has 0 aliphatic heterocycles. The van der Waals surface area contributed by atoms with Crippen LogP contribution in [0.2, 0.25) is 0 Å². The van der Waals surface area contributed by atoms with E-state index in [0.717, 1.165) is 33.9 Å². The van der Waals surface area contributed by atoms with E-state index in [0.29, 0.717) is 5.69 Å². The Morgan fingerprint density at radius 1 is 0.909 bits per heavy atom. The van der Waals surface area contributed by atoms with Crippen molar-refractivity contribution >= 4 is 28.4 Å². The third kappa shape index (κ3) is 5.02. The SMILES string of the molecule is Cc1cc(C)cc(Cc2ccc3ccccc3c2/C=C(\C#N)C(=O)Nc2ccccc2C)c1. The minimum atomic E-state index is -0.405. The van der Waals surface area contributed by atoms with Crippen LogP contribution in [0.3, 0.4) is 0 Å². The second-order valence-corrected chi connectivity index (χ2v) is 8.47. The van der Waals surface area contributed by atoms with E-state index >= 15 is 0 Å². The summed E-state index contributed by atoms with van der Waals surface area (Å²) in [6.45, 7) is 6.13. The van der Waals surface area contributed by atoms with Gasteiger partial charge in [0.05, 0.1) is 0 Å². The van der Waals surface area contributed by atoms with Crippen LogP contribution in [0.5, 0.6) is 0 Å². The summed E-state index contributed by atoms with van der Waals surface area (Å²) in [5.74, 6) is -0.405. The highest BCUT2D eigenvalue weighted by Crippen LogP contribution is 2.28. The molecule has 0 spiro atoms. The van der Waals surface area contributed by atoms with Crippen molar-refractivity contribution in [3.63, 3.8) is 0 Å².